The molecule has 1 aromatic carbocycles. The zero-order chi connectivity index (χ0) is 18.1. The molecule has 9 heteroatoms. The fraction of sp³-hybridized carbons (Fsp3) is 0.375. The van der Waals surface area contributed by atoms with Crippen LogP contribution in [0.15, 0.2) is 30.5 Å². The molecule has 0 spiro atoms. The van der Waals surface area contributed by atoms with E-state index in [0.29, 0.717) is 0 Å². The third kappa shape index (κ3) is 3.40. The summed E-state index contributed by atoms with van der Waals surface area (Å²) in [7, 11) is -0.399. The van der Waals surface area contributed by atoms with E-state index in [1.54, 1.807) is 0 Å². The molecule has 128 valence electrons. The number of nitrogens with zero attached hydrogens (tertiary/aromatic N) is 4. The maximum atomic E-state index is 9.15. The number of hydrogen-bond acceptors (Lipinski definition) is 7. The Morgan fingerprint density at radius 1 is 1.20 bits per heavy atom. The Kier molecular flexibility index (Phi) is 4.33. The Morgan fingerprint density at radius 3 is 2.36 bits per heavy atom. The fourth-order valence-corrected chi connectivity index (χ4v) is 2.29. The van der Waals surface area contributed by atoms with Crippen LogP contribution in [-0.4, -0.2) is 38.9 Å². The number of nitriles is 1. The summed E-state index contributed by atoms with van der Waals surface area (Å²) in [5.41, 5.74) is 1.29. The van der Waals surface area contributed by atoms with Crippen LogP contribution in [0.4, 0.5) is 5.69 Å². The van der Waals surface area contributed by atoms with Crippen molar-refractivity contribution < 1.29 is 9.31 Å². The van der Waals surface area contributed by atoms with E-state index in [1.165, 1.54) is 6.20 Å². The molecular weight excluding hydrogens is 319 g/mol. The SMILES string of the molecule is CC1(C)OB(c2ccc(NC=C(C#N)c3nn[nH]n3)cc2)OC1(C)C. The number of allylic oxidation sites excluding steroid dienone is 1. The predicted octanol–water partition coefficient (Wildman–Crippen LogP) is 1.48. The van der Waals surface area contributed by atoms with Crippen molar-refractivity contribution in [2.75, 3.05) is 5.32 Å². The molecule has 1 fully saturated rings. The molecule has 1 aliphatic heterocycles. The van der Waals surface area contributed by atoms with Crippen molar-refractivity contribution in [3.8, 4) is 6.07 Å². The van der Waals surface area contributed by atoms with Gasteiger partial charge in [0.15, 0.2) is 0 Å². The molecule has 2 heterocycles. The summed E-state index contributed by atoms with van der Waals surface area (Å²) >= 11 is 0. The number of tetrazole rings is 1. The zero-order valence-electron chi connectivity index (χ0n) is 14.6. The molecule has 0 unspecified atom stereocenters. The van der Waals surface area contributed by atoms with Crippen molar-refractivity contribution in [3.05, 3.63) is 36.3 Å². The van der Waals surface area contributed by atoms with E-state index in [9.17, 15) is 0 Å². The van der Waals surface area contributed by atoms with Gasteiger partial charge in [-0.2, -0.15) is 10.5 Å². The molecular formula is C16H19BN6O2. The average Bonchev–Trinajstić information content (AvgIpc) is 3.16. The number of benzene rings is 1. The van der Waals surface area contributed by atoms with Crippen molar-refractivity contribution in [2.45, 2.75) is 38.9 Å². The first-order chi connectivity index (χ1) is 11.8. The highest BCUT2D eigenvalue weighted by molar-refractivity contribution is 6.62. The van der Waals surface area contributed by atoms with E-state index in [-0.39, 0.29) is 22.6 Å². The second kappa shape index (κ2) is 6.31. The van der Waals surface area contributed by atoms with E-state index in [4.69, 9.17) is 14.6 Å². The van der Waals surface area contributed by atoms with Crippen LogP contribution < -0.4 is 10.8 Å². The van der Waals surface area contributed by atoms with Crippen LogP contribution in [0.3, 0.4) is 0 Å². The third-order valence-electron chi connectivity index (χ3n) is 4.53. The van der Waals surface area contributed by atoms with E-state index < -0.39 is 7.12 Å². The highest BCUT2D eigenvalue weighted by atomic mass is 16.7. The van der Waals surface area contributed by atoms with Gasteiger partial charge in [0, 0.05) is 11.9 Å². The highest BCUT2D eigenvalue weighted by Gasteiger charge is 2.51. The lowest BCUT2D eigenvalue weighted by atomic mass is 9.79. The lowest BCUT2D eigenvalue weighted by molar-refractivity contribution is 0.00578. The Labute approximate surface area is 146 Å². The van der Waals surface area contributed by atoms with Crippen LogP contribution in [0.2, 0.25) is 0 Å². The van der Waals surface area contributed by atoms with Gasteiger partial charge in [-0.25, -0.2) is 0 Å². The molecule has 25 heavy (non-hydrogen) atoms. The number of aromatic nitrogens is 4. The number of anilines is 1. The summed E-state index contributed by atoms with van der Waals surface area (Å²) in [6, 6.07) is 9.66. The summed E-state index contributed by atoms with van der Waals surface area (Å²) in [4.78, 5) is 0. The Hall–Kier alpha value is -2.70. The van der Waals surface area contributed by atoms with Crippen molar-refractivity contribution in [1.29, 1.82) is 5.26 Å². The monoisotopic (exact) mass is 338 g/mol. The largest absolute Gasteiger partial charge is 0.494 e. The number of rotatable bonds is 4. The molecule has 0 bridgehead atoms. The van der Waals surface area contributed by atoms with Crippen LogP contribution >= 0.6 is 0 Å². The molecule has 1 aromatic heterocycles. The second-order valence-electron chi connectivity index (χ2n) is 6.76. The van der Waals surface area contributed by atoms with Crippen molar-refractivity contribution in [1.82, 2.24) is 20.6 Å². The minimum absolute atomic E-state index is 0.240. The first-order valence-corrected chi connectivity index (χ1v) is 7.89. The van der Waals surface area contributed by atoms with Gasteiger partial charge in [-0.15, -0.1) is 10.2 Å². The summed E-state index contributed by atoms with van der Waals surface area (Å²) in [6.45, 7) is 8.09. The van der Waals surface area contributed by atoms with E-state index >= 15 is 0 Å². The molecule has 0 atom stereocenters. The van der Waals surface area contributed by atoms with E-state index in [0.717, 1.165) is 11.2 Å². The molecule has 1 saturated heterocycles. The number of H-pyrrole nitrogens is 1. The molecule has 0 aliphatic carbocycles. The second-order valence-corrected chi connectivity index (χ2v) is 6.76. The average molecular weight is 338 g/mol. The Balaban J connectivity index is 1.70. The van der Waals surface area contributed by atoms with Gasteiger partial charge in [0.1, 0.15) is 11.6 Å². The zero-order valence-corrected chi connectivity index (χ0v) is 14.6. The van der Waals surface area contributed by atoms with Gasteiger partial charge in [-0.1, -0.05) is 12.1 Å². The molecule has 0 saturated carbocycles. The van der Waals surface area contributed by atoms with Gasteiger partial charge < -0.3 is 14.6 Å². The Bertz CT molecular complexity index is 792. The highest BCUT2D eigenvalue weighted by Crippen LogP contribution is 2.36. The predicted molar refractivity (Wildman–Crippen MR) is 93.5 cm³/mol. The van der Waals surface area contributed by atoms with Gasteiger partial charge in [0.25, 0.3) is 0 Å². The summed E-state index contributed by atoms with van der Waals surface area (Å²) in [6.07, 6.45) is 1.54. The van der Waals surface area contributed by atoms with Crippen LogP contribution in [0.5, 0.6) is 0 Å². The summed E-state index contributed by atoms with van der Waals surface area (Å²) in [5, 5.41) is 25.5. The van der Waals surface area contributed by atoms with Crippen LogP contribution in [-0.2, 0) is 9.31 Å². The minimum atomic E-state index is -0.399. The van der Waals surface area contributed by atoms with Gasteiger partial charge in [0.2, 0.25) is 5.82 Å². The van der Waals surface area contributed by atoms with Crippen LogP contribution in [0.25, 0.3) is 5.57 Å². The van der Waals surface area contributed by atoms with Crippen LogP contribution in [0.1, 0.15) is 33.5 Å². The van der Waals surface area contributed by atoms with Crippen molar-refractivity contribution >= 4 is 23.8 Å². The number of aromatic amines is 1. The van der Waals surface area contributed by atoms with Gasteiger partial charge >= 0.3 is 7.12 Å². The maximum Gasteiger partial charge on any atom is 0.494 e. The lowest BCUT2D eigenvalue weighted by Gasteiger charge is -2.32. The molecule has 3 rings (SSSR count). The molecule has 0 radical (unpaired) electrons. The van der Waals surface area contributed by atoms with Gasteiger partial charge in [-0.05, 0) is 50.5 Å². The number of hydrogen-bond donors (Lipinski definition) is 2. The molecule has 2 N–H and O–H groups in total. The topological polar surface area (TPSA) is 109 Å². The Morgan fingerprint density at radius 2 is 1.84 bits per heavy atom. The quantitative estimate of drug-likeness (QED) is 0.642. The summed E-state index contributed by atoms with van der Waals surface area (Å²) in [5.74, 6) is 0.240. The van der Waals surface area contributed by atoms with E-state index in [1.807, 2.05) is 58.0 Å². The number of nitrogens with one attached hydrogen (secondary N) is 2. The lowest BCUT2D eigenvalue weighted by Crippen LogP contribution is -2.41. The first kappa shape index (κ1) is 17.1. The van der Waals surface area contributed by atoms with Crippen molar-refractivity contribution in [2.24, 2.45) is 0 Å². The van der Waals surface area contributed by atoms with Crippen LogP contribution in [0, 0.1) is 11.3 Å². The fourth-order valence-electron chi connectivity index (χ4n) is 2.29. The minimum Gasteiger partial charge on any atom is -0.399 e. The smallest absolute Gasteiger partial charge is 0.399 e. The standard InChI is InChI=1S/C16H19BN6O2/c1-15(2)16(3,4)25-17(24-15)12-5-7-13(8-6-12)19-10-11(9-18)14-20-22-23-21-14/h5-8,10,19H,1-4H3,(H,20,21,22,23). The summed E-state index contributed by atoms with van der Waals surface area (Å²) < 4.78 is 12.1. The first-order valence-electron chi connectivity index (χ1n) is 7.89. The van der Waals surface area contributed by atoms with Gasteiger partial charge in [0.05, 0.1) is 11.2 Å². The maximum absolute atomic E-state index is 9.15. The molecule has 0 amide bonds. The van der Waals surface area contributed by atoms with Crippen molar-refractivity contribution in [3.63, 3.8) is 0 Å². The molecule has 1 aliphatic rings. The third-order valence-corrected chi connectivity index (χ3v) is 4.53. The van der Waals surface area contributed by atoms with E-state index in [2.05, 4.69) is 25.9 Å². The molecule has 2 aromatic rings. The van der Waals surface area contributed by atoms with Gasteiger partial charge in [-0.3, -0.25) is 0 Å². The molecule has 8 nitrogen and oxygen atoms in total. The normalized spacial score (nSPS) is 18.8.